The molecule has 2 aromatic carbocycles. The number of sulfonamides is 1. The number of alkyl halides is 3. The minimum atomic E-state index is -5.30. The highest BCUT2D eigenvalue weighted by Gasteiger charge is 2.67. The van der Waals surface area contributed by atoms with E-state index in [-0.39, 0.29) is 17.9 Å². The maximum absolute atomic E-state index is 14.2. The Labute approximate surface area is 172 Å². The van der Waals surface area contributed by atoms with Gasteiger partial charge in [0.1, 0.15) is 5.84 Å². The minimum absolute atomic E-state index is 0.0450. The largest absolute Gasteiger partial charge is 0.437 e. The number of benzene rings is 2. The monoisotopic (exact) mass is 439 g/mol. The van der Waals surface area contributed by atoms with E-state index in [2.05, 4.69) is 4.99 Å². The zero-order chi connectivity index (χ0) is 22.2. The number of carbonyl (C=O) groups is 1. The number of amidine groups is 1. The number of rotatable bonds is 6. The molecule has 1 amide bonds. The van der Waals surface area contributed by atoms with Crippen molar-refractivity contribution in [3.63, 3.8) is 0 Å². The lowest BCUT2D eigenvalue weighted by Crippen LogP contribution is -2.63. The van der Waals surface area contributed by atoms with E-state index in [0.717, 1.165) is 10.5 Å². The predicted molar refractivity (Wildman–Crippen MR) is 105 cm³/mol. The molecular formula is C20H20F3N3O3S. The van der Waals surface area contributed by atoms with Gasteiger partial charge in [0.05, 0.1) is 4.90 Å². The lowest BCUT2D eigenvalue weighted by molar-refractivity contribution is -0.194. The van der Waals surface area contributed by atoms with Crippen molar-refractivity contribution in [3.8, 4) is 0 Å². The SMILES string of the molecule is CCCN1C(=O)[C@@](NS(=O)(=O)c2ccc(C)cc2)(C(F)(F)F)N=C1c1ccccc1. The number of aliphatic imine (C=N–C) groups is 1. The maximum atomic E-state index is 14.2. The highest BCUT2D eigenvalue weighted by molar-refractivity contribution is 7.89. The Morgan fingerprint density at radius 2 is 1.67 bits per heavy atom. The molecular weight excluding hydrogens is 419 g/mol. The number of nitrogens with zero attached hydrogens (tertiary/aromatic N) is 2. The molecule has 30 heavy (non-hydrogen) atoms. The summed E-state index contributed by atoms with van der Waals surface area (Å²) in [5, 5.41) is 0. The zero-order valence-corrected chi connectivity index (χ0v) is 17.1. The first-order chi connectivity index (χ1) is 14.0. The third-order valence-corrected chi connectivity index (χ3v) is 6.04. The van der Waals surface area contributed by atoms with E-state index >= 15 is 0 Å². The average molecular weight is 439 g/mol. The summed E-state index contributed by atoms with van der Waals surface area (Å²) in [7, 11) is -4.70. The molecule has 1 heterocycles. The van der Waals surface area contributed by atoms with Crippen LogP contribution in [0.4, 0.5) is 13.2 Å². The number of carbonyl (C=O) groups excluding carboxylic acids is 1. The molecule has 0 aliphatic carbocycles. The summed E-state index contributed by atoms with van der Waals surface area (Å²) in [5.74, 6) is -1.71. The minimum Gasteiger partial charge on any atom is -0.293 e. The van der Waals surface area contributed by atoms with Gasteiger partial charge < -0.3 is 0 Å². The van der Waals surface area contributed by atoms with Gasteiger partial charge in [-0.05, 0) is 25.5 Å². The van der Waals surface area contributed by atoms with E-state index < -0.39 is 32.7 Å². The molecule has 0 bridgehead atoms. The van der Waals surface area contributed by atoms with Crippen LogP contribution >= 0.6 is 0 Å². The number of halogens is 3. The fourth-order valence-electron chi connectivity index (χ4n) is 3.08. The fourth-order valence-corrected chi connectivity index (χ4v) is 4.33. The van der Waals surface area contributed by atoms with Crippen molar-refractivity contribution < 1.29 is 26.4 Å². The molecule has 1 aliphatic heterocycles. The Hall–Kier alpha value is -2.72. The average Bonchev–Trinajstić information content (AvgIpc) is 2.96. The topological polar surface area (TPSA) is 78.8 Å². The fraction of sp³-hybridized carbons (Fsp3) is 0.300. The van der Waals surface area contributed by atoms with Gasteiger partial charge in [-0.3, -0.25) is 9.69 Å². The molecule has 1 N–H and O–H groups in total. The first kappa shape index (κ1) is 22.0. The number of aryl methyl sites for hydroxylation is 1. The molecule has 0 saturated heterocycles. The Bertz CT molecular complexity index is 1070. The van der Waals surface area contributed by atoms with Gasteiger partial charge in [0.2, 0.25) is 10.0 Å². The van der Waals surface area contributed by atoms with Crippen LogP contribution in [-0.2, 0) is 14.8 Å². The van der Waals surface area contributed by atoms with Crippen LogP contribution in [0, 0.1) is 6.92 Å². The van der Waals surface area contributed by atoms with E-state index in [0.29, 0.717) is 6.42 Å². The van der Waals surface area contributed by atoms with E-state index in [1.165, 1.54) is 36.4 Å². The normalized spacial score (nSPS) is 19.8. The standard InChI is InChI=1S/C20H20F3N3O3S/c1-3-13-26-17(15-7-5-4-6-8-15)24-19(18(26)27,20(21,22)23)25-30(28,29)16-11-9-14(2)10-12-16/h4-12,25H,3,13H2,1-2H3/t19-/m1/s1. The summed E-state index contributed by atoms with van der Waals surface area (Å²) < 4.78 is 69.7. The van der Waals surface area contributed by atoms with Gasteiger partial charge in [-0.1, -0.05) is 55.0 Å². The van der Waals surface area contributed by atoms with Crippen molar-refractivity contribution in [1.29, 1.82) is 0 Å². The van der Waals surface area contributed by atoms with Crippen LogP contribution in [0.5, 0.6) is 0 Å². The molecule has 1 atom stereocenters. The van der Waals surface area contributed by atoms with Gasteiger partial charge in [0.25, 0.3) is 5.91 Å². The molecule has 3 rings (SSSR count). The number of nitrogens with one attached hydrogen (secondary N) is 1. The third kappa shape index (κ3) is 3.84. The first-order valence-corrected chi connectivity index (χ1v) is 10.6. The second kappa shape index (κ2) is 7.84. The summed E-state index contributed by atoms with van der Waals surface area (Å²) in [6, 6.07) is 13.1. The van der Waals surface area contributed by atoms with Gasteiger partial charge in [-0.2, -0.15) is 17.9 Å². The number of amides is 1. The number of hydrogen-bond acceptors (Lipinski definition) is 4. The second-order valence-electron chi connectivity index (χ2n) is 6.88. The van der Waals surface area contributed by atoms with Crippen LogP contribution in [0.3, 0.4) is 0 Å². The van der Waals surface area contributed by atoms with Crippen molar-refractivity contribution >= 4 is 21.8 Å². The van der Waals surface area contributed by atoms with Gasteiger partial charge in [-0.25, -0.2) is 13.4 Å². The molecule has 0 spiro atoms. The molecule has 0 radical (unpaired) electrons. The molecule has 10 heteroatoms. The lowest BCUT2D eigenvalue weighted by Gasteiger charge is -2.28. The smallest absolute Gasteiger partial charge is 0.293 e. The molecule has 0 saturated carbocycles. The molecule has 0 unspecified atom stereocenters. The van der Waals surface area contributed by atoms with Gasteiger partial charge in [-0.15, -0.1) is 0 Å². The Balaban J connectivity index is 2.16. The van der Waals surface area contributed by atoms with Crippen molar-refractivity contribution in [1.82, 2.24) is 9.62 Å². The Morgan fingerprint density at radius 3 is 2.20 bits per heavy atom. The van der Waals surface area contributed by atoms with Crippen molar-refractivity contribution in [2.75, 3.05) is 6.54 Å². The summed E-state index contributed by atoms with van der Waals surface area (Å²) in [6.45, 7) is 3.36. The van der Waals surface area contributed by atoms with Crippen LogP contribution in [0.25, 0.3) is 0 Å². The molecule has 0 aromatic heterocycles. The molecule has 0 fully saturated rings. The first-order valence-electron chi connectivity index (χ1n) is 9.16. The van der Waals surface area contributed by atoms with Gasteiger partial charge in [0.15, 0.2) is 0 Å². The molecule has 2 aromatic rings. The lowest BCUT2D eigenvalue weighted by atomic mass is 10.1. The summed E-state index contributed by atoms with van der Waals surface area (Å²) in [5.41, 5.74) is -2.63. The van der Waals surface area contributed by atoms with Crippen molar-refractivity contribution in [2.45, 2.75) is 37.0 Å². The summed E-state index contributed by atoms with van der Waals surface area (Å²) >= 11 is 0. The van der Waals surface area contributed by atoms with E-state index in [9.17, 15) is 26.4 Å². The van der Waals surface area contributed by atoms with Gasteiger partial charge >= 0.3 is 11.8 Å². The van der Waals surface area contributed by atoms with Crippen LogP contribution in [0.1, 0.15) is 24.5 Å². The van der Waals surface area contributed by atoms with Crippen LogP contribution in [0.2, 0.25) is 0 Å². The molecule has 1 aliphatic rings. The van der Waals surface area contributed by atoms with Crippen molar-refractivity contribution in [3.05, 3.63) is 65.7 Å². The van der Waals surface area contributed by atoms with Crippen LogP contribution in [-0.4, -0.2) is 43.4 Å². The van der Waals surface area contributed by atoms with E-state index in [1.807, 2.05) is 0 Å². The van der Waals surface area contributed by atoms with E-state index in [1.54, 1.807) is 36.8 Å². The second-order valence-corrected chi connectivity index (χ2v) is 8.57. The van der Waals surface area contributed by atoms with Crippen molar-refractivity contribution in [2.24, 2.45) is 4.99 Å². The van der Waals surface area contributed by atoms with E-state index in [4.69, 9.17) is 0 Å². The quantitative estimate of drug-likeness (QED) is 0.751. The van der Waals surface area contributed by atoms with Crippen LogP contribution in [0.15, 0.2) is 64.5 Å². The Kier molecular flexibility index (Phi) is 5.74. The number of hydrogen-bond donors (Lipinski definition) is 1. The van der Waals surface area contributed by atoms with Crippen LogP contribution < -0.4 is 4.72 Å². The highest BCUT2D eigenvalue weighted by atomic mass is 32.2. The van der Waals surface area contributed by atoms with Gasteiger partial charge in [0, 0.05) is 12.1 Å². The predicted octanol–water partition coefficient (Wildman–Crippen LogP) is 3.23. The highest BCUT2D eigenvalue weighted by Crippen LogP contribution is 2.39. The third-order valence-electron chi connectivity index (χ3n) is 4.59. The Morgan fingerprint density at radius 1 is 1.07 bits per heavy atom. The molecule has 160 valence electrons. The summed E-state index contributed by atoms with van der Waals surface area (Å²) in [4.78, 5) is 17.1. The molecule has 6 nitrogen and oxygen atoms in total. The zero-order valence-electron chi connectivity index (χ0n) is 16.3. The maximum Gasteiger partial charge on any atom is 0.437 e. The summed E-state index contributed by atoms with van der Waals surface area (Å²) in [6.07, 6.45) is -4.94.